The number of carbonyl (C=O) groups is 1. The first-order valence-electron chi connectivity index (χ1n) is 7.37. The summed E-state index contributed by atoms with van der Waals surface area (Å²) in [6, 6.07) is 5.81. The van der Waals surface area contributed by atoms with Crippen LogP contribution in [-0.4, -0.2) is 39.3 Å². The van der Waals surface area contributed by atoms with Crippen LogP contribution < -0.4 is 20.1 Å². The lowest BCUT2D eigenvalue weighted by Crippen LogP contribution is -2.42. The summed E-state index contributed by atoms with van der Waals surface area (Å²) in [5.41, 5.74) is 0.508. The van der Waals surface area contributed by atoms with E-state index >= 15 is 0 Å². The van der Waals surface area contributed by atoms with Gasteiger partial charge in [-0.1, -0.05) is 0 Å². The van der Waals surface area contributed by atoms with Gasteiger partial charge in [-0.25, -0.2) is 0 Å². The Hall–Kier alpha value is -1.75. The minimum atomic E-state index is -0.121. The molecule has 0 spiro atoms. The van der Waals surface area contributed by atoms with Crippen LogP contribution in [0.4, 0.5) is 0 Å². The van der Waals surface area contributed by atoms with E-state index in [1.165, 1.54) is 0 Å². The molecular weight excluding hydrogens is 268 g/mol. The first-order chi connectivity index (χ1) is 10.1. The molecule has 0 aromatic heterocycles. The Bertz CT molecular complexity index is 482. The van der Waals surface area contributed by atoms with Gasteiger partial charge in [0, 0.05) is 12.6 Å². The van der Waals surface area contributed by atoms with Gasteiger partial charge in [0.15, 0.2) is 0 Å². The maximum Gasteiger partial charge on any atom is 0.255 e. The van der Waals surface area contributed by atoms with Gasteiger partial charge < -0.3 is 20.1 Å². The highest BCUT2D eigenvalue weighted by molar-refractivity contribution is 5.97. The molecule has 1 saturated heterocycles. The molecule has 1 heterocycles. The highest BCUT2D eigenvalue weighted by atomic mass is 16.5. The van der Waals surface area contributed by atoms with Crippen LogP contribution >= 0.6 is 0 Å². The molecule has 0 saturated carbocycles. The number of ether oxygens (including phenoxy) is 2. The van der Waals surface area contributed by atoms with Crippen molar-refractivity contribution in [2.75, 3.05) is 27.3 Å². The van der Waals surface area contributed by atoms with Gasteiger partial charge in [0.05, 0.1) is 19.8 Å². The van der Waals surface area contributed by atoms with Gasteiger partial charge >= 0.3 is 0 Å². The standard InChI is InChI=1S/C16H24N2O3/c1-11-4-5-12(9-17-11)10-18-16(19)14-8-13(20-2)6-7-15(14)21-3/h6-8,11-12,17H,4-5,9-10H2,1-3H3,(H,18,19). The molecule has 1 amide bonds. The van der Waals surface area contributed by atoms with Gasteiger partial charge in [0.25, 0.3) is 5.91 Å². The summed E-state index contributed by atoms with van der Waals surface area (Å²) in [5, 5.41) is 6.44. The van der Waals surface area contributed by atoms with Gasteiger partial charge in [0.1, 0.15) is 11.5 Å². The zero-order chi connectivity index (χ0) is 15.2. The summed E-state index contributed by atoms with van der Waals surface area (Å²) < 4.78 is 10.4. The maximum absolute atomic E-state index is 12.3. The minimum absolute atomic E-state index is 0.121. The van der Waals surface area contributed by atoms with Crippen molar-refractivity contribution in [3.63, 3.8) is 0 Å². The Kier molecular flexibility index (Phi) is 5.44. The van der Waals surface area contributed by atoms with E-state index in [-0.39, 0.29) is 5.91 Å². The van der Waals surface area contributed by atoms with E-state index in [2.05, 4.69) is 17.6 Å². The lowest BCUT2D eigenvalue weighted by atomic mass is 9.95. The third-order valence-electron chi connectivity index (χ3n) is 3.97. The van der Waals surface area contributed by atoms with Crippen molar-refractivity contribution in [2.24, 2.45) is 5.92 Å². The first kappa shape index (κ1) is 15.6. The van der Waals surface area contributed by atoms with Gasteiger partial charge in [-0.15, -0.1) is 0 Å². The number of carbonyl (C=O) groups excluding carboxylic acids is 1. The molecule has 21 heavy (non-hydrogen) atoms. The minimum Gasteiger partial charge on any atom is -0.497 e. The quantitative estimate of drug-likeness (QED) is 0.869. The van der Waals surface area contributed by atoms with E-state index in [9.17, 15) is 4.79 Å². The largest absolute Gasteiger partial charge is 0.497 e. The number of hydrogen-bond acceptors (Lipinski definition) is 4. The Labute approximate surface area is 126 Å². The topological polar surface area (TPSA) is 59.6 Å². The molecule has 0 bridgehead atoms. The van der Waals surface area contributed by atoms with E-state index in [0.29, 0.717) is 35.6 Å². The lowest BCUT2D eigenvalue weighted by molar-refractivity contribution is 0.0940. The molecule has 1 aliphatic heterocycles. The predicted molar refractivity (Wildman–Crippen MR) is 82.1 cm³/mol. The van der Waals surface area contributed by atoms with Crippen molar-refractivity contribution in [3.05, 3.63) is 23.8 Å². The summed E-state index contributed by atoms with van der Waals surface area (Å²) in [5.74, 6) is 1.57. The molecule has 0 aliphatic carbocycles. The number of rotatable bonds is 5. The van der Waals surface area contributed by atoms with Gasteiger partial charge in [0.2, 0.25) is 0 Å². The normalized spacial score (nSPS) is 21.7. The summed E-state index contributed by atoms with van der Waals surface area (Å²) in [6.45, 7) is 3.82. The van der Waals surface area contributed by atoms with E-state index < -0.39 is 0 Å². The van der Waals surface area contributed by atoms with Crippen molar-refractivity contribution >= 4 is 5.91 Å². The van der Waals surface area contributed by atoms with E-state index in [0.717, 1.165) is 19.4 Å². The van der Waals surface area contributed by atoms with Crippen molar-refractivity contribution in [1.82, 2.24) is 10.6 Å². The van der Waals surface area contributed by atoms with Crippen molar-refractivity contribution in [2.45, 2.75) is 25.8 Å². The van der Waals surface area contributed by atoms with Crippen LogP contribution in [0.25, 0.3) is 0 Å². The highest BCUT2D eigenvalue weighted by Gasteiger charge is 2.19. The van der Waals surface area contributed by atoms with Crippen LogP contribution in [0, 0.1) is 5.92 Å². The summed E-state index contributed by atoms with van der Waals surface area (Å²) in [6.07, 6.45) is 2.30. The molecule has 0 radical (unpaired) electrons. The molecule has 1 aliphatic rings. The smallest absolute Gasteiger partial charge is 0.255 e. The SMILES string of the molecule is COc1ccc(OC)c(C(=O)NCC2CCC(C)NC2)c1. The number of hydrogen-bond donors (Lipinski definition) is 2. The molecule has 2 unspecified atom stereocenters. The zero-order valence-electron chi connectivity index (χ0n) is 12.9. The lowest BCUT2D eigenvalue weighted by Gasteiger charge is -2.27. The second-order valence-electron chi connectivity index (χ2n) is 5.53. The molecule has 116 valence electrons. The monoisotopic (exact) mass is 292 g/mol. The third-order valence-corrected chi connectivity index (χ3v) is 3.97. The summed E-state index contributed by atoms with van der Waals surface area (Å²) in [7, 11) is 3.14. The summed E-state index contributed by atoms with van der Waals surface area (Å²) >= 11 is 0. The van der Waals surface area contributed by atoms with Crippen LogP contribution in [0.15, 0.2) is 18.2 Å². The van der Waals surface area contributed by atoms with Crippen LogP contribution in [-0.2, 0) is 0 Å². The van der Waals surface area contributed by atoms with Gasteiger partial charge in [-0.05, 0) is 50.4 Å². The fourth-order valence-corrected chi connectivity index (χ4v) is 2.56. The molecule has 5 heteroatoms. The average Bonchev–Trinajstić information content (AvgIpc) is 2.53. The Morgan fingerprint density at radius 3 is 2.76 bits per heavy atom. The van der Waals surface area contributed by atoms with Crippen molar-refractivity contribution < 1.29 is 14.3 Å². The van der Waals surface area contributed by atoms with E-state index in [1.807, 2.05) is 0 Å². The van der Waals surface area contributed by atoms with E-state index in [4.69, 9.17) is 9.47 Å². The number of piperidine rings is 1. The molecule has 1 aromatic rings. The number of nitrogens with one attached hydrogen (secondary N) is 2. The average molecular weight is 292 g/mol. The van der Waals surface area contributed by atoms with Crippen molar-refractivity contribution in [1.29, 1.82) is 0 Å². The number of methoxy groups -OCH3 is 2. The number of amides is 1. The summed E-state index contributed by atoms with van der Waals surface area (Å²) in [4.78, 5) is 12.3. The fourth-order valence-electron chi connectivity index (χ4n) is 2.56. The molecule has 1 fully saturated rings. The van der Waals surface area contributed by atoms with Crippen molar-refractivity contribution in [3.8, 4) is 11.5 Å². The predicted octanol–water partition coefficient (Wildman–Crippen LogP) is 1.82. The zero-order valence-corrected chi connectivity index (χ0v) is 12.9. The first-order valence-corrected chi connectivity index (χ1v) is 7.37. The molecule has 1 aromatic carbocycles. The number of benzene rings is 1. The van der Waals surface area contributed by atoms with Gasteiger partial charge in [-0.3, -0.25) is 4.79 Å². The molecule has 2 atom stereocenters. The molecule has 2 rings (SSSR count). The Morgan fingerprint density at radius 1 is 1.33 bits per heavy atom. The van der Waals surface area contributed by atoms with Crippen LogP contribution in [0.2, 0.25) is 0 Å². The highest BCUT2D eigenvalue weighted by Crippen LogP contribution is 2.24. The van der Waals surface area contributed by atoms with Gasteiger partial charge in [-0.2, -0.15) is 0 Å². The molecule has 5 nitrogen and oxygen atoms in total. The maximum atomic E-state index is 12.3. The van der Waals surface area contributed by atoms with Crippen LogP contribution in [0.1, 0.15) is 30.1 Å². The molecular formula is C16H24N2O3. The third kappa shape index (κ3) is 4.11. The Balaban J connectivity index is 1.96. The van der Waals surface area contributed by atoms with Crippen LogP contribution in [0.3, 0.4) is 0 Å². The van der Waals surface area contributed by atoms with E-state index in [1.54, 1.807) is 32.4 Å². The Morgan fingerprint density at radius 2 is 2.14 bits per heavy atom. The second-order valence-corrected chi connectivity index (χ2v) is 5.53. The fraction of sp³-hybridized carbons (Fsp3) is 0.562. The molecule has 2 N–H and O–H groups in total. The second kappa shape index (κ2) is 7.31. The van der Waals surface area contributed by atoms with Crippen LogP contribution in [0.5, 0.6) is 11.5 Å².